The summed E-state index contributed by atoms with van der Waals surface area (Å²) in [7, 11) is 3.81. The Balaban J connectivity index is 2.01. The minimum absolute atomic E-state index is 0.00423. The average Bonchev–Trinajstić information content (AvgIpc) is 2.79. The molecule has 33 heavy (non-hydrogen) atoms. The van der Waals surface area contributed by atoms with E-state index in [2.05, 4.69) is 47.4 Å². The first-order valence-electron chi connectivity index (χ1n) is 11.5. The van der Waals surface area contributed by atoms with Crippen molar-refractivity contribution in [3.8, 4) is 22.9 Å². The number of aryl methyl sites for hydroxylation is 1. The van der Waals surface area contributed by atoms with Gasteiger partial charge in [0, 0.05) is 43.5 Å². The van der Waals surface area contributed by atoms with Gasteiger partial charge in [-0.05, 0) is 70.1 Å². The highest BCUT2D eigenvalue weighted by Crippen LogP contribution is 2.36. The summed E-state index contributed by atoms with van der Waals surface area (Å²) < 4.78 is 8.03. The van der Waals surface area contributed by atoms with Crippen LogP contribution in [0.15, 0.2) is 35.1 Å². The zero-order valence-corrected chi connectivity index (χ0v) is 20.4. The number of nitrogens with zero attached hydrogens (tertiary/aromatic N) is 4. The number of methoxy groups -OCH3 is 1. The smallest absolute Gasteiger partial charge is 0.197 e. The summed E-state index contributed by atoms with van der Waals surface area (Å²) in [6.45, 7) is 12.1. The highest BCUT2D eigenvalue weighted by Gasteiger charge is 2.23. The van der Waals surface area contributed by atoms with Crippen molar-refractivity contribution in [1.29, 1.82) is 5.26 Å². The quantitative estimate of drug-likeness (QED) is 0.593. The number of hydrogen-bond acceptors (Lipinski definition) is 5. The molecule has 1 fully saturated rings. The summed E-state index contributed by atoms with van der Waals surface area (Å²) in [5.74, 6) is 0.728. The van der Waals surface area contributed by atoms with Crippen molar-refractivity contribution in [1.82, 2.24) is 9.47 Å². The van der Waals surface area contributed by atoms with Crippen LogP contribution < -0.4 is 15.1 Å². The van der Waals surface area contributed by atoms with Gasteiger partial charge in [-0.15, -0.1) is 0 Å². The molecule has 0 amide bonds. The molecule has 6 nitrogen and oxygen atoms in total. The summed E-state index contributed by atoms with van der Waals surface area (Å²) in [6, 6.07) is 11.9. The van der Waals surface area contributed by atoms with E-state index in [1.54, 1.807) is 13.2 Å². The lowest BCUT2D eigenvalue weighted by Crippen LogP contribution is -2.44. The van der Waals surface area contributed by atoms with E-state index >= 15 is 0 Å². The zero-order valence-electron chi connectivity index (χ0n) is 20.4. The van der Waals surface area contributed by atoms with Crippen molar-refractivity contribution in [2.45, 2.75) is 33.7 Å². The normalized spacial score (nSPS) is 14.7. The van der Waals surface area contributed by atoms with Crippen molar-refractivity contribution in [2.24, 2.45) is 0 Å². The van der Waals surface area contributed by atoms with Crippen molar-refractivity contribution >= 4 is 16.6 Å². The highest BCUT2D eigenvalue weighted by atomic mass is 16.5. The van der Waals surface area contributed by atoms with Crippen LogP contribution in [0, 0.1) is 25.2 Å². The molecule has 2 heterocycles. The molecule has 0 aliphatic carbocycles. The molecule has 1 aliphatic rings. The van der Waals surface area contributed by atoms with E-state index in [-0.39, 0.29) is 11.5 Å². The second-order valence-corrected chi connectivity index (χ2v) is 9.23. The molecule has 2 aromatic carbocycles. The van der Waals surface area contributed by atoms with Gasteiger partial charge in [0.1, 0.15) is 5.75 Å². The van der Waals surface area contributed by atoms with Gasteiger partial charge in [0.25, 0.3) is 0 Å². The second kappa shape index (κ2) is 8.92. The number of aromatic nitrogens is 1. The lowest BCUT2D eigenvalue weighted by molar-refractivity contribution is 0.311. The summed E-state index contributed by atoms with van der Waals surface area (Å²) in [6.07, 6.45) is 0. The van der Waals surface area contributed by atoms with Gasteiger partial charge < -0.3 is 19.1 Å². The lowest BCUT2D eigenvalue weighted by Gasteiger charge is -2.35. The minimum Gasteiger partial charge on any atom is -0.495 e. The number of hydrogen-bond donors (Lipinski definition) is 0. The number of piperazine rings is 1. The summed E-state index contributed by atoms with van der Waals surface area (Å²) >= 11 is 0. The Morgan fingerprint density at radius 3 is 2.33 bits per heavy atom. The molecule has 1 saturated heterocycles. The third kappa shape index (κ3) is 3.98. The van der Waals surface area contributed by atoms with Crippen LogP contribution >= 0.6 is 0 Å². The van der Waals surface area contributed by atoms with Crippen molar-refractivity contribution in [3.63, 3.8) is 0 Å². The first-order chi connectivity index (χ1) is 15.8. The second-order valence-electron chi connectivity index (χ2n) is 9.23. The molecule has 6 heteroatoms. The molecular formula is C27H32N4O2. The van der Waals surface area contributed by atoms with E-state index in [1.165, 1.54) is 0 Å². The van der Waals surface area contributed by atoms with E-state index in [0.29, 0.717) is 16.5 Å². The zero-order chi connectivity index (χ0) is 23.9. The highest BCUT2D eigenvalue weighted by molar-refractivity contribution is 5.91. The number of likely N-dealkylation sites (N-methyl/N-ethyl adjacent to an activating group) is 1. The van der Waals surface area contributed by atoms with Gasteiger partial charge >= 0.3 is 0 Å². The van der Waals surface area contributed by atoms with E-state index in [4.69, 9.17) is 4.74 Å². The maximum atomic E-state index is 13.9. The maximum Gasteiger partial charge on any atom is 0.197 e. The Morgan fingerprint density at radius 1 is 1.06 bits per heavy atom. The summed E-state index contributed by atoms with van der Waals surface area (Å²) in [4.78, 5) is 18.5. The first kappa shape index (κ1) is 22.9. The molecule has 0 N–H and O–H groups in total. The van der Waals surface area contributed by atoms with Gasteiger partial charge in [0.05, 0.1) is 35.3 Å². The number of fused-ring (bicyclic) bond motifs is 1. The average molecular weight is 445 g/mol. The number of anilines is 1. The van der Waals surface area contributed by atoms with E-state index in [9.17, 15) is 10.1 Å². The van der Waals surface area contributed by atoms with Crippen LogP contribution in [0.4, 0.5) is 5.69 Å². The fourth-order valence-corrected chi connectivity index (χ4v) is 4.99. The first-order valence-corrected chi connectivity index (χ1v) is 11.5. The minimum atomic E-state index is -0.00423. The molecule has 172 valence electrons. The summed E-state index contributed by atoms with van der Waals surface area (Å²) in [5, 5.41) is 9.92. The molecule has 1 aromatic heterocycles. The van der Waals surface area contributed by atoms with Crippen LogP contribution in [0.3, 0.4) is 0 Å². The maximum absolute atomic E-state index is 13.9. The summed E-state index contributed by atoms with van der Waals surface area (Å²) in [5.41, 5.74) is 5.97. The molecular weight excluding hydrogens is 412 g/mol. The van der Waals surface area contributed by atoms with Gasteiger partial charge in [0.15, 0.2) is 5.43 Å². The van der Waals surface area contributed by atoms with Crippen LogP contribution in [0.25, 0.3) is 22.0 Å². The number of benzene rings is 2. The van der Waals surface area contributed by atoms with Gasteiger partial charge in [-0.3, -0.25) is 4.79 Å². The van der Waals surface area contributed by atoms with Crippen LogP contribution in [0.2, 0.25) is 0 Å². The van der Waals surface area contributed by atoms with E-state index in [0.717, 1.165) is 60.0 Å². The van der Waals surface area contributed by atoms with Gasteiger partial charge in [-0.2, -0.15) is 5.26 Å². The number of rotatable bonds is 4. The molecule has 0 spiro atoms. The van der Waals surface area contributed by atoms with Gasteiger partial charge in [-0.1, -0.05) is 6.07 Å². The Labute approximate surface area is 195 Å². The molecule has 0 radical (unpaired) electrons. The molecule has 0 bridgehead atoms. The van der Waals surface area contributed by atoms with E-state index in [1.807, 2.05) is 32.0 Å². The van der Waals surface area contributed by atoms with Crippen LogP contribution in [-0.2, 0) is 0 Å². The Morgan fingerprint density at radius 2 is 1.76 bits per heavy atom. The number of nitriles is 1. The predicted molar refractivity (Wildman–Crippen MR) is 134 cm³/mol. The van der Waals surface area contributed by atoms with E-state index < -0.39 is 0 Å². The molecule has 0 unspecified atom stereocenters. The number of pyridine rings is 1. The SMILES string of the molecule is COc1cc2c(=O)c(-c3ccc(C#N)cc3C)c(C)n(C(C)C)c2cc1N1CCN(C)CC1. The van der Waals surface area contributed by atoms with Crippen molar-refractivity contribution in [2.75, 3.05) is 45.2 Å². The number of ether oxygens (including phenoxy) is 1. The molecule has 4 rings (SSSR count). The largest absolute Gasteiger partial charge is 0.495 e. The molecule has 0 saturated carbocycles. The van der Waals surface area contributed by atoms with Crippen LogP contribution in [-0.4, -0.2) is 49.8 Å². The molecule has 1 aliphatic heterocycles. The third-order valence-electron chi connectivity index (χ3n) is 6.74. The van der Waals surface area contributed by atoms with Crippen LogP contribution in [0.5, 0.6) is 5.75 Å². The molecule has 0 atom stereocenters. The molecule has 3 aromatic rings. The fourth-order valence-electron chi connectivity index (χ4n) is 4.99. The van der Waals surface area contributed by atoms with Crippen molar-refractivity contribution < 1.29 is 4.74 Å². The van der Waals surface area contributed by atoms with Gasteiger partial charge in [0.2, 0.25) is 0 Å². The Hall–Kier alpha value is -3.30. The Kier molecular flexibility index (Phi) is 6.18. The standard InChI is InChI=1S/C27H32N4O2/c1-17(2)31-19(4)26(21-8-7-20(16-28)13-18(21)3)27(32)22-14-25(33-6)24(15-23(22)31)30-11-9-29(5)10-12-30/h7-8,13-15,17H,9-12H2,1-6H3. The lowest BCUT2D eigenvalue weighted by atomic mass is 9.94. The van der Waals surface area contributed by atoms with Gasteiger partial charge in [-0.25, -0.2) is 0 Å². The van der Waals surface area contributed by atoms with Crippen LogP contribution in [0.1, 0.15) is 36.7 Å². The monoisotopic (exact) mass is 444 g/mol. The predicted octanol–water partition coefficient (Wildman–Crippen LogP) is 4.50. The third-order valence-corrected chi connectivity index (χ3v) is 6.74. The topological polar surface area (TPSA) is 61.5 Å². The fraction of sp³-hybridized carbons (Fsp3) is 0.407. The Bertz CT molecular complexity index is 1310. The van der Waals surface area contributed by atoms with Crippen molar-refractivity contribution in [3.05, 3.63) is 57.4 Å².